The highest BCUT2D eigenvalue weighted by Gasteiger charge is 2.21. The Morgan fingerprint density at radius 1 is 1.23 bits per heavy atom. The largest absolute Gasteiger partial charge is 0.351 e. The highest BCUT2D eigenvalue weighted by atomic mass is 16.1. The highest BCUT2D eigenvalue weighted by Crippen LogP contribution is 2.32. The Hall–Kier alpha value is -2.43. The van der Waals surface area contributed by atoms with Gasteiger partial charge in [-0.15, -0.1) is 10.2 Å². The van der Waals surface area contributed by atoms with Crippen LogP contribution in [0.5, 0.6) is 0 Å². The number of hydrogen-bond acceptors (Lipinski definition) is 4. The fourth-order valence-corrected chi connectivity index (χ4v) is 2.64. The number of nitrogens with one attached hydrogen (secondary N) is 1. The predicted octanol–water partition coefficient (Wildman–Crippen LogP) is 2.70. The molecule has 114 valence electrons. The monoisotopic (exact) mass is 296 g/mol. The van der Waals surface area contributed by atoms with Gasteiger partial charge < -0.3 is 10.2 Å². The second-order valence-corrected chi connectivity index (χ2v) is 5.42. The molecule has 2 aromatic rings. The summed E-state index contributed by atoms with van der Waals surface area (Å²) in [6.07, 6.45) is 3.04. The van der Waals surface area contributed by atoms with Crippen molar-refractivity contribution in [3.05, 3.63) is 47.7 Å². The lowest BCUT2D eigenvalue weighted by molar-refractivity contribution is 0.0947. The van der Waals surface area contributed by atoms with Gasteiger partial charge in [-0.2, -0.15) is 0 Å². The van der Waals surface area contributed by atoms with Gasteiger partial charge in [0.1, 0.15) is 0 Å². The number of carbonyl (C=O) groups is 1. The summed E-state index contributed by atoms with van der Waals surface area (Å²) < 4.78 is 0. The number of hydrogen-bond donors (Lipinski definition) is 1. The smallest absolute Gasteiger partial charge is 0.271 e. The van der Waals surface area contributed by atoms with Gasteiger partial charge in [0.25, 0.3) is 5.91 Å². The number of para-hydroxylation sites is 1. The second kappa shape index (κ2) is 6.56. The Balaban J connectivity index is 1.71. The molecule has 0 fully saturated rings. The molecule has 0 atom stereocenters. The minimum atomic E-state index is -0.158. The fraction of sp³-hybridized carbons (Fsp3) is 0.353. The van der Waals surface area contributed by atoms with Gasteiger partial charge in [-0.05, 0) is 36.6 Å². The summed E-state index contributed by atoms with van der Waals surface area (Å²) in [4.78, 5) is 14.1. The molecule has 2 heterocycles. The third kappa shape index (κ3) is 2.93. The Kier molecular flexibility index (Phi) is 4.32. The minimum absolute atomic E-state index is 0.158. The summed E-state index contributed by atoms with van der Waals surface area (Å²) in [5.41, 5.74) is 2.87. The maximum atomic E-state index is 11.9. The molecule has 1 amide bonds. The summed E-state index contributed by atoms with van der Waals surface area (Å²) in [7, 11) is 0. The SMILES string of the molecule is CCCCNC(=O)c1ccc(N2CCc3ccccc32)nn1. The zero-order chi connectivity index (χ0) is 15.4. The van der Waals surface area contributed by atoms with Crippen LogP contribution in [0.2, 0.25) is 0 Å². The summed E-state index contributed by atoms with van der Waals surface area (Å²) >= 11 is 0. The number of nitrogens with zero attached hydrogens (tertiary/aromatic N) is 3. The number of carbonyl (C=O) groups excluding carboxylic acids is 1. The second-order valence-electron chi connectivity index (χ2n) is 5.42. The van der Waals surface area contributed by atoms with E-state index in [9.17, 15) is 4.79 Å². The maximum absolute atomic E-state index is 11.9. The lowest BCUT2D eigenvalue weighted by atomic mass is 10.2. The average molecular weight is 296 g/mol. The van der Waals surface area contributed by atoms with Crippen LogP contribution in [0.1, 0.15) is 35.8 Å². The van der Waals surface area contributed by atoms with Gasteiger partial charge in [0.05, 0.1) is 0 Å². The molecule has 0 unspecified atom stereocenters. The van der Waals surface area contributed by atoms with Crippen molar-refractivity contribution in [1.82, 2.24) is 15.5 Å². The van der Waals surface area contributed by atoms with Gasteiger partial charge in [-0.3, -0.25) is 4.79 Å². The number of anilines is 2. The molecule has 5 nitrogen and oxygen atoms in total. The number of fused-ring (bicyclic) bond motifs is 1. The van der Waals surface area contributed by atoms with Crippen LogP contribution >= 0.6 is 0 Å². The van der Waals surface area contributed by atoms with Crippen molar-refractivity contribution in [3.63, 3.8) is 0 Å². The topological polar surface area (TPSA) is 58.1 Å². The number of unbranched alkanes of at least 4 members (excludes halogenated alkanes) is 1. The summed E-state index contributed by atoms with van der Waals surface area (Å²) in [5, 5.41) is 11.1. The quantitative estimate of drug-likeness (QED) is 0.862. The first-order chi connectivity index (χ1) is 10.8. The zero-order valence-electron chi connectivity index (χ0n) is 12.7. The first-order valence-electron chi connectivity index (χ1n) is 7.77. The Bertz CT molecular complexity index is 654. The van der Waals surface area contributed by atoms with Crippen LogP contribution in [-0.2, 0) is 6.42 Å². The van der Waals surface area contributed by atoms with Crippen LogP contribution in [0.3, 0.4) is 0 Å². The molecular formula is C17H20N4O. The lowest BCUT2D eigenvalue weighted by Gasteiger charge is -2.17. The van der Waals surface area contributed by atoms with Crippen LogP contribution in [-0.4, -0.2) is 29.2 Å². The van der Waals surface area contributed by atoms with E-state index >= 15 is 0 Å². The van der Waals surface area contributed by atoms with Gasteiger partial charge in [-0.25, -0.2) is 0 Å². The van der Waals surface area contributed by atoms with E-state index in [1.165, 1.54) is 11.3 Å². The van der Waals surface area contributed by atoms with Crippen molar-refractivity contribution in [2.24, 2.45) is 0 Å². The molecule has 1 aliphatic heterocycles. The summed E-state index contributed by atoms with van der Waals surface area (Å²) in [6, 6.07) is 11.9. The van der Waals surface area contributed by atoms with E-state index in [1.54, 1.807) is 6.07 Å². The highest BCUT2D eigenvalue weighted by molar-refractivity contribution is 5.92. The van der Waals surface area contributed by atoms with Crippen LogP contribution in [0.15, 0.2) is 36.4 Å². The first kappa shape index (κ1) is 14.5. The van der Waals surface area contributed by atoms with Gasteiger partial charge >= 0.3 is 0 Å². The van der Waals surface area contributed by atoms with Crippen molar-refractivity contribution >= 4 is 17.4 Å². The summed E-state index contributed by atoms with van der Waals surface area (Å²) in [5.74, 6) is 0.629. The van der Waals surface area contributed by atoms with E-state index in [2.05, 4.69) is 45.5 Å². The maximum Gasteiger partial charge on any atom is 0.271 e. The van der Waals surface area contributed by atoms with Crippen LogP contribution in [0.4, 0.5) is 11.5 Å². The Morgan fingerprint density at radius 2 is 2.09 bits per heavy atom. The normalized spacial score (nSPS) is 13.0. The average Bonchev–Trinajstić information content (AvgIpc) is 2.99. The molecule has 0 bridgehead atoms. The molecule has 0 saturated carbocycles. The van der Waals surface area contributed by atoms with E-state index in [4.69, 9.17) is 0 Å². The molecule has 5 heteroatoms. The van der Waals surface area contributed by atoms with E-state index in [1.807, 2.05) is 12.1 Å². The van der Waals surface area contributed by atoms with E-state index in [-0.39, 0.29) is 5.91 Å². The number of aromatic nitrogens is 2. The first-order valence-corrected chi connectivity index (χ1v) is 7.77. The van der Waals surface area contributed by atoms with Crippen molar-refractivity contribution in [2.75, 3.05) is 18.0 Å². The molecule has 22 heavy (non-hydrogen) atoms. The van der Waals surface area contributed by atoms with E-state index < -0.39 is 0 Å². The van der Waals surface area contributed by atoms with Crippen LogP contribution in [0.25, 0.3) is 0 Å². The van der Waals surface area contributed by atoms with Gasteiger partial charge in [-0.1, -0.05) is 31.5 Å². The Labute approximate surface area is 130 Å². The lowest BCUT2D eigenvalue weighted by Crippen LogP contribution is -2.26. The molecular weight excluding hydrogens is 276 g/mol. The van der Waals surface area contributed by atoms with Gasteiger partial charge in [0.2, 0.25) is 0 Å². The standard InChI is InChI=1S/C17H20N4O/c1-2-3-11-18-17(22)14-8-9-16(20-19-14)21-12-10-13-6-4-5-7-15(13)21/h4-9H,2-3,10-12H2,1H3,(H,18,22). The van der Waals surface area contributed by atoms with Crippen molar-refractivity contribution in [1.29, 1.82) is 0 Å². The molecule has 1 aliphatic rings. The third-order valence-electron chi connectivity index (χ3n) is 3.86. The van der Waals surface area contributed by atoms with Gasteiger partial charge in [0.15, 0.2) is 11.5 Å². The predicted molar refractivity (Wildman–Crippen MR) is 86.4 cm³/mol. The number of benzene rings is 1. The molecule has 1 aromatic heterocycles. The Morgan fingerprint density at radius 3 is 2.86 bits per heavy atom. The number of rotatable bonds is 5. The fourth-order valence-electron chi connectivity index (χ4n) is 2.64. The summed E-state index contributed by atoms with van der Waals surface area (Å²) in [6.45, 7) is 3.67. The van der Waals surface area contributed by atoms with Crippen LogP contribution in [0, 0.1) is 0 Å². The molecule has 0 radical (unpaired) electrons. The van der Waals surface area contributed by atoms with Crippen molar-refractivity contribution in [2.45, 2.75) is 26.2 Å². The third-order valence-corrected chi connectivity index (χ3v) is 3.86. The molecule has 1 N–H and O–H groups in total. The number of amides is 1. The van der Waals surface area contributed by atoms with E-state index in [0.29, 0.717) is 12.2 Å². The minimum Gasteiger partial charge on any atom is -0.351 e. The zero-order valence-corrected chi connectivity index (χ0v) is 12.7. The molecule has 3 rings (SSSR count). The van der Waals surface area contributed by atoms with Crippen LogP contribution < -0.4 is 10.2 Å². The molecule has 1 aromatic carbocycles. The van der Waals surface area contributed by atoms with Crippen molar-refractivity contribution < 1.29 is 4.79 Å². The molecule has 0 aliphatic carbocycles. The molecule has 0 saturated heterocycles. The van der Waals surface area contributed by atoms with Gasteiger partial charge in [0, 0.05) is 18.8 Å². The van der Waals surface area contributed by atoms with Crippen molar-refractivity contribution in [3.8, 4) is 0 Å². The molecule has 0 spiro atoms. The van der Waals surface area contributed by atoms with E-state index in [0.717, 1.165) is 31.6 Å².